The Bertz CT molecular complexity index is 566. The van der Waals surface area contributed by atoms with Gasteiger partial charge in [-0.1, -0.05) is 6.07 Å². The molecule has 0 amide bonds. The Balaban J connectivity index is 1.84. The Morgan fingerprint density at radius 3 is 2.68 bits per heavy atom. The molecule has 0 spiro atoms. The second-order valence-corrected chi connectivity index (χ2v) is 4.40. The van der Waals surface area contributed by atoms with Crippen molar-refractivity contribution >= 4 is 0 Å². The largest absolute Gasteiger partial charge is 0.504 e. The Kier molecular flexibility index (Phi) is 3.91. The van der Waals surface area contributed by atoms with E-state index in [4.69, 9.17) is 0 Å². The number of nitrogens with zero attached hydrogens (tertiary/aromatic N) is 2. The number of hydrogen-bond donors (Lipinski definition) is 4. The number of benzene rings is 1. The summed E-state index contributed by atoms with van der Waals surface area (Å²) in [6.07, 6.45) is 3.75. The number of aryl methyl sites for hydroxylation is 1. The Morgan fingerprint density at radius 1 is 1.21 bits per heavy atom. The standard InChI is InChI=1S/C13H17N3O3/c1-9-6-15-16(8-9)5-4-14-7-10-2-3-11(17)13(19)12(10)18/h2-3,6,8,14,17-19H,4-5,7H2,1H3. The topological polar surface area (TPSA) is 90.5 Å². The maximum Gasteiger partial charge on any atom is 0.200 e. The highest BCUT2D eigenvalue weighted by Gasteiger charge is 2.10. The molecule has 4 N–H and O–H groups in total. The van der Waals surface area contributed by atoms with Gasteiger partial charge in [-0.15, -0.1) is 0 Å². The van der Waals surface area contributed by atoms with Crippen LogP contribution in [-0.4, -0.2) is 31.6 Å². The number of phenolic OH excluding ortho intramolecular Hbond substituents is 3. The average Bonchev–Trinajstić information content (AvgIpc) is 2.80. The zero-order valence-electron chi connectivity index (χ0n) is 10.7. The van der Waals surface area contributed by atoms with Crippen molar-refractivity contribution in [3.05, 3.63) is 35.7 Å². The van der Waals surface area contributed by atoms with Gasteiger partial charge < -0.3 is 20.6 Å². The van der Waals surface area contributed by atoms with E-state index in [9.17, 15) is 15.3 Å². The fourth-order valence-electron chi connectivity index (χ4n) is 1.76. The molecule has 0 bridgehead atoms. The predicted molar refractivity (Wildman–Crippen MR) is 70.1 cm³/mol. The van der Waals surface area contributed by atoms with Gasteiger partial charge in [0.05, 0.1) is 12.7 Å². The molecule has 0 aliphatic carbocycles. The van der Waals surface area contributed by atoms with E-state index >= 15 is 0 Å². The van der Waals surface area contributed by atoms with E-state index in [0.717, 1.165) is 12.1 Å². The van der Waals surface area contributed by atoms with E-state index < -0.39 is 5.75 Å². The summed E-state index contributed by atoms with van der Waals surface area (Å²) in [5.74, 6) is -1.10. The molecule has 1 heterocycles. The summed E-state index contributed by atoms with van der Waals surface area (Å²) in [4.78, 5) is 0. The van der Waals surface area contributed by atoms with Gasteiger partial charge in [0, 0.05) is 24.8 Å². The fourth-order valence-corrected chi connectivity index (χ4v) is 1.76. The highest BCUT2D eigenvalue weighted by molar-refractivity contribution is 5.52. The quantitative estimate of drug-likeness (QED) is 0.479. The summed E-state index contributed by atoms with van der Waals surface area (Å²) >= 11 is 0. The van der Waals surface area contributed by atoms with E-state index in [1.165, 1.54) is 6.07 Å². The molecule has 0 unspecified atom stereocenters. The van der Waals surface area contributed by atoms with Crippen LogP contribution in [0, 0.1) is 6.92 Å². The van der Waals surface area contributed by atoms with Crippen LogP contribution in [0.15, 0.2) is 24.5 Å². The van der Waals surface area contributed by atoms with Crippen molar-refractivity contribution in [3.8, 4) is 17.2 Å². The van der Waals surface area contributed by atoms with E-state index in [2.05, 4.69) is 10.4 Å². The normalized spacial score (nSPS) is 10.8. The molecule has 0 atom stereocenters. The van der Waals surface area contributed by atoms with Gasteiger partial charge in [-0.25, -0.2) is 0 Å². The molecule has 2 aromatic rings. The fraction of sp³-hybridized carbons (Fsp3) is 0.308. The maximum absolute atomic E-state index is 9.63. The SMILES string of the molecule is Cc1cnn(CCNCc2ccc(O)c(O)c2O)c1. The summed E-state index contributed by atoms with van der Waals surface area (Å²) in [5, 5.41) is 35.5. The average molecular weight is 263 g/mol. The van der Waals surface area contributed by atoms with Crippen LogP contribution in [0.2, 0.25) is 0 Å². The van der Waals surface area contributed by atoms with Crippen LogP contribution < -0.4 is 5.32 Å². The van der Waals surface area contributed by atoms with Crippen LogP contribution in [0.3, 0.4) is 0 Å². The summed E-state index contributed by atoms with van der Waals surface area (Å²) in [7, 11) is 0. The third-order valence-electron chi connectivity index (χ3n) is 2.81. The molecule has 0 saturated heterocycles. The zero-order chi connectivity index (χ0) is 13.8. The first-order valence-electron chi connectivity index (χ1n) is 6.00. The smallest absolute Gasteiger partial charge is 0.200 e. The number of hydrogen-bond acceptors (Lipinski definition) is 5. The van der Waals surface area contributed by atoms with Gasteiger partial charge in [-0.05, 0) is 18.6 Å². The van der Waals surface area contributed by atoms with Crippen molar-refractivity contribution in [3.63, 3.8) is 0 Å². The van der Waals surface area contributed by atoms with Crippen molar-refractivity contribution < 1.29 is 15.3 Å². The zero-order valence-corrected chi connectivity index (χ0v) is 10.7. The van der Waals surface area contributed by atoms with Crippen LogP contribution in [0.1, 0.15) is 11.1 Å². The van der Waals surface area contributed by atoms with E-state index in [1.807, 2.05) is 17.8 Å². The second kappa shape index (κ2) is 5.62. The molecule has 0 aliphatic rings. The maximum atomic E-state index is 9.63. The Hall–Kier alpha value is -2.21. The van der Waals surface area contributed by atoms with E-state index in [-0.39, 0.29) is 11.5 Å². The third kappa shape index (κ3) is 3.17. The Labute approximate surface area is 110 Å². The molecular weight excluding hydrogens is 246 g/mol. The van der Waals surface area contributed by atoms with Gasteiger partial charge in [-0.2, -0.15) is 5.10 Å². The van der Waals surface area contributed by atoms with Gasteiger partial charge in [0.15, 0.2) is 11.5 Å². The van der Waals surface area contributed by atoms with Gasteiger partial charge in [0.25, 0.3) is 0 Å². The number of phenols is 3. The lowest BCUT2D eigenvalue weighted by molar-refractivity contribution is 0.364. The van der Waals surface area contributed by atoms with Crippen LogP contribution >= 0.6 is 0 Å². The summed E-state index contributed by atoms with van der Waals surface area (Å²) in [5.41, 5.74) is 1.65. The second-order valence-electron chi connectivity index (χ2n) is 4.40. The molecule has 0 fully saturated rings. The third-order valence-corrected chi connectivity index (χ3v) is 2.81. The van der Waals surface area contributed by atoms with Crippen molar-refractivity contribution in [1.29, 1.82) is 0 Å². The van der Waals surface area contributed by atoms with Gasteiger partial charge in [-0.3, -0.25) is 4.68 Å². The molecular formula is C13H17N3O3. The molecule has 19 heavy (non-hydrogen) atoms. The van der Waals surface area contributed by atoms with E-state index in [0.29, 0.717) is 18.7 Å². The predicted octanol–water partition coefficient (Wildman–Crippen LogP) is 1.10. The molecule has 1 aromatic heterocycles. The lowest BCUT2D eigenvalue weighted by Crippen LogP contribution is -2.19. The first kappa shape index (κ1) is 13.2. The number of rotatable bonds is 5. The van der Waals surface area contributed by atoms with Crippen LogP contribution in [0.4, 0.5) is 0 Å². The lowest BCUT2D eigenvalue weighted by Gasteiger charge is -2.09. The summed E-state index contributed by atoms with van der Waals surface area (Å²) < 4.78 is 1.83. The first-order valence-corrected chi connectivity index (χ1v) is 6.00. The van der Waals surface area contributed by atoms with Crippen molar-refractivity contribution in [2.45, 2.75) is 20.0 Å². The van der Waals surface area contributed by atoms with Gasteiger partial charge in [0.2, 0.25) is 5.75 Å². The monoisotopic (exact) mass is 263 g/mol. The molecule has 0 saturated carbocycles. The molecule has 0 aliphatic heterocycles. The highest BCUT2D eigenvalue weighted by atomic mass is 16.3. The molecule has 2 rings (SSSR count). The van der Waals surface area contributed by atoms with Crippen molar-refractivity contribution in [2.24, 2.45) is 0 Å². The van der Waals surface area contributed by atoms with Gasteiger partial charge >= 0.3 is 0 Å². The minimum absolute atomic E-state index is 0.289. The van der Waals surface area contributed by atoms with Crippen LogP contribution in [0.25, 0.3) is 0 Å². The first-order chi connectivity index (χ1) is 9.08. The van der Waals surface area contributed by atoms with Crippen molar-refractivity contribution in [2.75, 3.05) is 6.54 Å². The minimum Gasteiger partial charge on any atom is -0.504 e. The molecule has 0 radical (unpaired) electrons. The molecule has 1 aromatic carbocycles. The summed E-state index contributed by atoms with van der Waals surface area (Å²) in [6, 6.07) is 2.92. The van der Waals surface area contributed by atoms with Gasteiger partial charge in [0.1, 0.15) is 0 Å². The number of aromatic hydroxyl groups is 3. The van der Waals surface area contributed by atoms with Crippen LogP contribution in [-0.2, 0) is 13.1 Å². The highest BCUT2D eigenvalue weighted by Crippen LogP contribution is 2.36. The lowest BCUT2D eigenvalue weighted by atomic mass is 10.1. The molecule has 6 heteroatoms. The molecule has 102 valence electrons. The van der Waals surface area contributed by atoms with E-state index in [1.54, 1.807) is 12.3 Å². The minimum atomic E-state index is -0.484. The molecule has 6 nitrogen and oxygen atoms in total. The summed E-state index contributed by atoms with van der Waals surface area (Å²) in [6.45, 7) is 3.79. The Morgan fingerprint density at radius 2 is 2.00 bits per heavy atom. The number of nitrogens with one attached hydrogen (secondary N) is 1. The number of aromatic nitrogens is 2. The van der Waals surface area contributed by atoms with Crippen LogP contribution in [0.5, 0.6) is 17.2 Å². The van der Waals surface area contributed by atoms with Crippen molar-refractivity contribution in [1.82, 2.24) is 15.1 Å².